The number of piperidine rings is 1. The maximum Gasteiger partial charge on any atom is 0.325 e. The normalized spacial score (nSPS) is 27.0. The molecule has 0 aromatic carbocycles. The zero-order valence-electron chi connectivity index (χ0n) is 15.4. The van der Waals surface area contributed by atoms with Gasteiger partial charge in [-0.15, -0.1) is 0 Å². The Labute approximate surface area is 149 Å². The Morgan fingerprint density at radius 3 is 2.40 bits per heavy atom. The van der Waals surface area contributed by atoms with Crippen molar-refractivity contribution in [3.8, 4) is 0 Å². The highest BCUT2D eigenvalue weighted by Crippen LogP contribution is 2.25. The maximum absolute atomic E-state index is 12.7. The van der Waals surface area contributed by atoms with Crippen LogP contribution in [0.15, 0.2) is 0 Å². The van der Waals surface area contributed by atoms with E-state index in [0.717, 1.165) is 43.9 Å². The highest BCUT2D eigenvalue weighted by atomic mass is 16.2. The molecule has 0 radical (unpaired) electrons. The molecule has 1 unspecified atom stereocenters. The molecule has 3 heterocycles. The Kier molecular flexibility index (Phi) is 5.32. The SMILES string of the molecule is CCC1(CC)NC(=O)N(CC(=O)N2CCCC(N3CCCC3)C2)C1=O. The first-order chi connectivity index (χ1) is 12.0. The van der Waals surface area contributed by atoms with Crippen molar-refractivity contribution in [3.63, 3.8) is 0 Å². The number of carbonyl (C=O) groups is 3. The number of hydrogen-bond donors (Lipinski definition) is 1. The van der Waals surface area contributed by atoms with Crippen LogP contribution >= 0.6 is 0 Å². The molecular formula is C18H30N4O3. The fraction of sp³-hybridized carbons (Fsp3) is 0.833. The van der Waals surface area contributed by atoms with E-state index in [1.54, 1.807) is 0 Å². The molecule has 3 aliphatic heterocycles. The molecule has 3 saturated heterocycles. The van der Waals surface area contributed by atoms with Crippen LogP contribution in [0.5, 0.6) is 0 Å². The summed E-state index contributed by atoms with van der Waals surface area (Å²) in [4.78, 5) is 43.0. The lowest BCUT2D eigenvalue weighted by Gasteiger charge is -2.38. The van der Waals surface area contributed by atoms with Gasteiger partial charge in [0.1, 0.15) is 12.1 Å². The van der Waals surface area contributed by atoms with E-state index in [4.69, 9.17) is 0 Å². The van der Waals surface area contributed by atoms with Crippen molar-refractivity contribution in [3.05, 3.63) is 0 Å². The van der Waals surface area contributed by atoms with Crippen LogP contribution in [0.4, 0.5) is 4.79 Å². The van der Waals surface area contributed by atoms with Gasteiger partial charge in [-0.25, -0.2) is 4.79 Å². The fourth-order valence-corrected chi connectivity index (χ4v) is 4.37. The first-order valence-corrected chi connectivity index (χ1v) is 9.66. The molecule has 0 spiro atoms. The monoisotopic (exact) mass is 350 g/mol. The standard InChI is InChI=1S/C18H30N4O3/c1-3-18(4-2)16(24)22(17(25)19-18)13-15(23)21-11-7-8-14(12-21)20-9-5-6-10-20/h14H,3-13H2,1-2H3,(H,19,25). The number of nitrogens with zero attached hydrogens (tertiary/aromatic N) is 3. The van der Waals surface area contributed by atoms with E-state index in [9.17, 15) is 14.4 Å². The topological polar surface area (TPSA) is 73.0 Å². The van der Waals surface area contributed by atoms with Crippen LogP contribution in [0.3, 0.4) is 0 Å². The molecule has 0 saturated carbocycles. The van der Waals surface area contributed by atoms with Gasteiger partial charge in [-0.05, 0) is 51.6 Å². The van der Waals surface area contributed by atoms with Gasteiger partial charge >= 0.3 is 6.03 Å². The quantitative estimate of drug-likeness (QED) is 0.756. The average Bonchev–Trinajstić information content (AvgIpc) is 3.25. The Morgan fingerprint density at radius 1 is 1.12 bits per heavy atom. The van der Waals surface area contributed by atoms with Gasteiger partial charge in [0, 0.05) is 19.1 Å². The Morgan fingerprint density at radius 2 is 1.80 bits per heavy atom. The van der Waals surface area contributed by atoms with E-state index in [0.29, 0.717) is 18.9 Å². The molecule has 1 atom stereocenters. The van der Waals surface area contributed by atoms with Gasteiger partial charge in [0.05, 0.1) is 0 Å². The van der Waals surface area contributed by atoms with Gasteiger partial charge in [0.2, 0.25) is 5.91 Å². The minimum atomic E-state index is -0.836. The van der Waals surface area contributed by atoms with Crippen LogP contribution in [0, 0.1) is 0 Å². The summed E-state index contributed by atoms with van der Waals surface area (Å²) in [5, 5.41) is 2.79. The summed E-state index contributed by atoms with van der Waals surface area (Å²) >= 11 is 0. The molecule has 25 heavy (non-hydrogen) atoms. The lowest BCUT2D eigenvalue weighted by molar-refractivity contribution is -0.140. The smallest absolute Gasteiger partial charge is 0.325 e. The van der Waals surface area contributed by atoms with Crippen LogP contribution in [0.25, 0.3) is 0 Å². The molecule has 3 fully saturated rings. The summed E-state index contributed by atoms with van der Waals surface area (Å²) in [6.45, 7) is 7.31. The van der Waals surface area contributed by atoms with Crippen LogP contribution in [0.2, 0.25) is 0 Å². The number of nitrogens with one attached hydrogen (secondary N) is 1. The summed E-state index contributed by atoms with van der Waals surface area (Å²) in [6, 6.07) is -0.0103. The van der Waals surface area contributed by atoms with E-state index in [2.05, 4.69) is 10.2 Å². The van der Waals surface area contributed by atoms with Gasteiger partial charge in [0.25, 0.3) is 5.91 Å². The van der Waals surface area contributed by atoms with E-state index >= 15 is 0 Å². The molecule has 7 heteroatoms. The van der Waals surface area contributed by atoms with Crippen LogP contribution in [-0.2, 0) is 9.59 Å². The van der Waals surface area contributed by atoms with Gasteiger partial charge in [-0.1, -0.05) is 13.8 Å². The fourth-order valence-electron chi connectivity index (χ4n) is 4.37. The predicted molar refractivity (Wildman–Crippen MR) is 94.0 cm³/mol. The van der Waals surface area contributed by atoms with Crippen molar-refractivity contribution in [2.45, 2.75) is 64.0 Å². The van der Waals surface area contributed by atoms with Crippen molar-refractivity contribution >= 4 is 17.8 Å². The van der Waals surface area contributed by atoms with Crippen molar-refractivity contribution < 1.29 is 14.4 Å². The summed E-state index contributed by atoms with van der Waals surface area (Å²) in [6.07, 6.45) is 5.67. The molecule has 4 amide bonds. The highest BCUT2D eigenvalue weighted by Gasteiger charge is 2.49. The third kappa shape index (κ3) is 3.38. The number of rotatable bonds is 5. The number of likely N-dealkylation sites (tertiary alicyclic amines) is 2. The number of hydrogen-bond acceptors (Lipinski definition) is 4. The van der Waals surface area contributed by atoms with Crippen molar-refractivity contribution in [2.75, 3.05) is 32.7 Å². The van der Waals surface area contributed by atoms with E-state index in [1.807, 2.05) is 18.7 Å². The number of imide groups is 1. The van der Waals surface area contributed by atoms with E-state index < -0.39 is 11.6 Å². The first kappa shape index (κ1) is 18.2. The molecular weight excluding hydrogens is 320 g/mol. The lowest BCUT2D eigenvalue weighted by atomic mass is 9.93. The predicted octanol–water partition coefficient (Wildman–Crippen LogP) is 1.18. The molecule has 0 aromatic rings. The van der Waals surface area contributed by atoms with E-state index in [1.165, 1.54) is 12.8 Å². The molecule has 3 rings (SSSR count). The second kappa shape index (κ2) is 7.32. The zero-order valence-corrected chi connectivity index (χ0v) is 15.4. The van der Waals surface area contributed by atoms with Crippen molar-refractivity contribution in [1.29, 1.82) is 0 Å². The summed E-state index contributed by atoms with van der Waals surface area (Å²) < 4.78 is 0. The number of urea groups is 1. The largest absolute Gasteiger partial charge is 0.340 e. The maximum atomic E-state index is 12.7. The van der Waals surface area contributed by atoms with Crippen LogP contribution < -0.4 is 5.32 Å². The summed E-state index contributed by atoms with van der Waals surface area (Å²) in [5.41, 5.74) is -0.836. The number of amides is 4. The van der Waals surface area contributed by atoms with Gasteiger partial charge in [-0.2, -0.15) is 0 Å². The Balaban J connectivity index is 1.61. The van der Waals surface area contributed by atoms with Crippen LogP contribution in [-0.4, -0.2) is 76.8 Å². The summed E-state index contributed by atoms with van der Waals surface area (Å²) in [5.74, 6) is -0.376. The third-order valence-corrected chi connectivity index (χ3v) is 6.15. The molecule has 1 N–H and O–H groups in total. The third-order valence-electron chi connectivity index (χ3n) is 6.15. The highest BCUT2D eigenvalue weighted by molar-refractivity contribution is 6.08. The van der Waals surface area contributed by atoms with Crippen molar-refractivity contribution in [2.24, 2.45) is 0 Å². The van der Waals surface area contributed by atoms with Gasteiger partial charge < -0.3 is 10.2 Å². The van der Waals surface area contributed by atoms with Crippen molar-refractivity contribution in [1.82, 2.24) is 20.0 Å². The average molecular weight is 350 g/mol. The second-order valence-corrected chi connectivity index (χ2v) is 7.49. The Hall–Kier alpha value is -1.63. The van der Waals surface area contributed by atoms with Gasteiger partial charge in [0.15, 0.2) is 0 Å². The molecule has 7 nitrogen and oxygen atoms in total. The van der Waals surface area contributed by atoms with Crippen LogP contribution in [0.1, 0.15) is 52.4 Å². The number of carbonyl (C=O) groups excluding carboxylic acids is 3. The minimum Gasteiger partial charge on any atom is -0.340 e. The first-order valence-electron chi connectivity index (χ1n) is 9.66. The Bertz CT molecular complexity index is 540. The second-order valence-electron chi connectivity index (χ2n) is 7.49. The van der Waals surface area contributed by atoms with Gasteiger partial charge in [-0.3, -0.25) is 19.4 Å². The lowest BCUT2D eigenvalue weighted by Crippen LogP contribution is -2.52. The van der Waals surface area contributed by atoms with E-state index in [-0.39, 0.29) is 18.4 Å². The zero-order chi connectivity index (χ0) is 18.0. The molecule has 0 aromatic heterocycles. The molecule has 0 aliphatic carbocycles. The molecule has 140 valence electrons. The summed E-state index contributed by atoms with van der Waals surface area (Å²) in [7, 11) is 0. The minimum absolute atomic E-state index is 0.115. The molecule has 0 bridgehead atoms. The molecule has 3 aliphatic rings.